The van der Waals surface area contributed by atoms with Crippen molar-refractivity contribution in [2.24, 2.45) is 5.92 Å². The largest absolute Gasteiger partial charge is 0.356 e. The monoisotopic (exact) mass is 185 g/mol. The second-order valence-corrected chi connectivity index (χ2v) is 4.59. The number of amides is 1. The summed E-state index contributed by atoms with van der Waals surface area (Å²) in [5.41, 5.74) is -0.152. The summed E-state index contributed by atoms with van der Waals surface area (Å²) in [7, 11) is 0. The molecule has 0 aliphatic carbocycles. The number of carbonyl (C=O) groups is 1. The summed E-state index contributed by atoms with van der Waals surface area (Å²) in [4.78, 5) is 13.7. The Hall–Kier alpha value is -0.570. The molecule has 1 fully saturated rings. The lowest BCUT2D eigenvalue weighted by atomic mass is 10.0. The average molecular weight is 185 g/mol. The molecule has 0 bridgehead atoms. The second kappa shape index (κ2) is 3.29. The van der Waals surface area contributed by atoms with E-state index in [2.05, 4.69) is 0 Å². The molecule has 76 valence electrons. The van der Waals surface area contributed by atoms with Crippen molar-refractivity contribution in [3.8, 4) is 0 Å². The molecule has 3 nitrogen and oxygen atoms in total. The molecule has 1 saturated heterocycles. The van der Waals surface area contributed by atoms with Crippen LogP contribution >= 0.6 is 0 Å². The molecule has 0 spiro atoms. The Kier molecular flexibility index (Phi) is 2.66. The fourth-order valence-electron chi connectivity index (χ4n) is 1.72. The van der Waals surface area contributed by atoms with E-state index >= 15 is 0 Å². The fraction of sp³-hybridized carbons (Fsp3) is 0.900. The van der Waals surface area contributed by atoms with E-state index < -0.39 is 0 Å². The van der Waals surface area contributed by atoms with Crippen molar-refractivity contribution < 1.29 is 9.53 Å². The Labute approximate surface area is 80.1 Å². The lowest BCUT2D eigenvalue weighted by Gasteiger charge is -2.33. The van der Waals surface area contributed by atoms with Gasteiger partial charge in [-0.2, -0.15) is 0 Å². The van der Waals surface area contributed by atoms with E-state index in [-0.39, 0.29) is 23.6 Å². The fourth-order valence-corrected chi connectivity index (χ4v) is 1.72. The third-order valence-electron chi connectivity index (χ3n) is 2.42. The van der Waals surface area contributed by atoms with Crippen LogP contribution in [0.2, 0.25) is 0 Å². The molecule has 1 unspecified atom stereocenters. The highest BCUT2D eigenvalue weighted by molar-refractivity contribution is 5.79. The molecule has 0 radical (unpaired) electrons. The maximum absolute atomic E-state index is 11.8. The van der Waals surface area contributed by atoms with Crippen molar-refractivity contribution in [3.63, 3.8) is 0 Å². The van der Waals surface area contributed by atoms with Gasteiger partial charge in [-0.15, -0.1) is 0 Å². The van der Waals surface area contributed by atoms with E-state index in [1.165, 1.54) is 0 Å². The summed E-state index contributed by atoms with van der Waals surface area (Å²) in [6, 6.07) is 0. The SMILES string of the molecule is CC(C)C(=O)N1C(C)OCC1(C)C. The van der Waals surface area contributed by atoms with Crippen LogP contribution in [0.25, 0.3) is 0 Å². The molecule has 1 aliphatic rings. The van der Waals surface area contributed by atoms with Gasteiger partial charge in [-0.25, -0.2) is 0 Å². The third-order valence-corrected chi connectivity index (χ3v) is 2.42. The standard InChI is InChI=1S/C10H19NO2/c1-7(2)9(12)11-8(3)13-6-10(11,4)5/h7-8H,6H2,1-5H3. The van der Waals surface area contributed by atoms with E-state index in [0.29, 0.717) is 6.61 Å². The molecule has 1 amide bonds. The Morgan fingerprint density at radius 2 is 2.08 bits per heavy atom. The first kappa shape index (κ1) is 10.5. The number of carbonyl (C=O) groups excluding carboxylic acids is 1. The molecule has 1 rings (SSSR count). The van der Waals surface area contributed by atoms with Gasteiger partial charge in [0.05, 0.1) is 12.1 Å². The van der Waals surface area contributed by atoms with Crippen molar-refractivity contribution in [2.45, 2.75) is 46.4 Å². The van der Waals surface area contributed by atoms with Crippen molar-refractivity contribution in [2.75, 3.05) is 6.61 Å². The van der Waals surface area contributed by atoms with Gasteiger partial charge in [0, 0.05) is 5.92 Å². The predicted molar refractivity (Wildman–Crippen MR) is 51.2 cm³/mol. The van der Waals surface area contributed by atoms with Crippen LogP contribution in [0, 0.1) is 5.92 Å². The van der Waals surface area contributed by atoms with E-state index in [0.717, 1.165) is 0 Å². The quantitative estimate of drug-likeness (QED) is 0.621. The molecule has 1 aliphatic heterocycles. The lowest BCUT2D eigenvalue weighted by molar-refractivity contribution is -0.142. The van der Waals surface area contributed by atoms with Crippen LogP contribution in [-0.2, 0) is 9.53 Å². The van der Waals surface area contributed by atoms with Crippen LogP contribution in [0.4, 0.5) is 0 Å². The molecule has 1 heterocycles. The minimum absolute atomic E-state index is 0.0448. The maximum atomic E-state index is 11.8. The van der Waals surface area contributed by atoms with Gasteiger partial charge in [-0.05, 0) is 20.8 Å². The van der Waals surface area contributed by atoms with E-state index in [1.54, 1.807) is 0 Å². The third kappa shape index (κ3) is 1.85. The smallest absolute Gasteiger partial charge is 0.227 e. The van der Waals surface area contributed by atoms with Crippen molar-refractivity contribution >= 4 is 5.91 Å². The summed E-state index contributed by atoms with van der Waals surface area (Å²) in [6.45, 7) is 10.5. The molecular formula is C10H19NO2. The highest BCUT2D eigenvalue weighted by Gasteiger charge is 2.41. The van der Waals surface area contributed by atoms with Gasteiger partial charge in [0.25, 0.3) is 0 Å². The summed E-state index contributed by atoms with van der Waals surface area (Å²) in [6.07, 6.45) is -0.0788. The van der Waals surface area contributed by atoms with Gasteiger partial charge in [-0.3, -0.25) is 4.79 Å². The van der Waals surface area contributed by atoms with E-state index in [4.69, 9.17) is 4.74 Å². The van der Waals surface area contributed by atoms with Crippen molar-refractivity contribution in [1.82, 2.24) is 4.90 Å². The van der Waals surface area contributed by atoms with Gasteiger partial charge in [-0.1, -0.05) is 13.8 Å². The Morgan fingerprint density at radius 1 is 1.54 bits per heavy atom. The normalized spacial score (nSPS) is 26.9. The molecule has 0 saturated carbocycles. The molecule has 13 heavy (non-hydrogen) atoms. The predicted octanol–water partition coefficient (Wildman–Crippen LogP) is 1.63. The maximum Gasteiger partial charge on any atom is 0.227 e. The molecule has 0 aromatic carbocycles. The minimum atomic E-state index is -0.152. The molecule has 1 atom stereocenters. The minimum Gasteiger partial charge on any atom is -0.356 e. The van der Waals surface area contributed by atoms with Crippen LogP contribution in [-0.4, -0.2) is 29.2 Å². The zero-order chi connectivity index (χ0) is 10.2. The van der Waals surface area contributed by atoms with Crippen LogP contribution in [0.1, 0.15) is 34.6 Å². The first-order chi connectivity index (χ1) is 5.86. The molecule has 3 heteroatoms. The van der Waals surface area contributed by atoms with Gasteiger partial charge in [0.1, 0.15) is 6.23 Å². The highest BCUT2D eigenvalue weighted by atomic mass is 16.5. The van der Waals surface area contributed by atoms with E-state index in [1.807, 2.05) is 39.5 Å². The molecule has 0 aromatic rings. The number of rotatable bonds is 1. The van der Waals surface area contributed by atoms with Gasteiger partial charge in [0.2, 0.25) is 5.91 Å². The number of hydrogen-bond acceptors (Lipinski definition) is 2. The number of nitrogens with zero attached hydrogens (tertiary/aromatic N) is 1. The lowest BCUT2D eigenvalue weighted by Crippen LogP contribution is -2.49. The Bertz CT molecular complexity index is 211. The van der Waals surface area contributed by atoms with Gasteiger partial charge < -0.3 is 9.64 Å². The summed E-state index contributed by atoms with van der Waals surface area (Å²) < 4.78 is 5.46. The van der Waals surface area contributed by atoms with Crippen LogP contribution < -0.4 is 0 Å². The second-order valence-electron chi connectivity index (χ2n) is 4.59. The Morgan fingerprint density at radius 3 is 2.38 bits per heavy atom. The number of hydrogen-bond donors (Lipinski definition) is 0. The average Bonchev–Trinajstić information content (AvgIpc) is 2.25. The first-order valence-electron chi connectivity index (χ1n) is 4.81. The zero-order valence-corrected chi connectivity index (χ0v) is 9.13. The topological polar surface area (TPSA) is 29.5 Å². The van der Waals surface area contributed by atoms with Crippen LogP contribution in [0.15, 0.2) is 0 Å². The van der Waals surface area contributed by atoms with E-state index in [9.17, 15) is 4.79 Å². The zero-order valence-electron chi connectivity index (χ0n) is 9.13. The summed E-state index contributed by atoms with van der Waals surface area (Å²) in [5, 5.41) is 0. The van der Waals surface area contributed by atoms with Crippen molar-refractivity contribution in [3.05, 3.63) is 0 Å². The van der Waals surface area contributed by atoms with Crippen LogP contribution in [0.3, 0.4) is 0 Å². The molecule has 0 aromatic heterocycles. The molecule has 0 N–H and O–H groups in total. The van der Waals surface area contributed by atoms with Gasteiger partial charge >= 0.3 is 0 Å². The summed E-state index contributed by atoms with van der Waals surface area (Å²) >= 11 is 0. The molecular weight excluding hydrogens is 166 g/mol. The van der Waals surface area contributed by atoms with Gasteiger partial charge in [0.15, 0.2) is 0 Å². The highest BCUT2D eigenvalue weighted by Crippen LogP contribution is 2.28. The van der Waals surface area contributed by atoms with Crippen molar-refractivity contribution in [1.29, 1.82) is 0 Å². The van der Waals surface area contributed by atoms with Crippen LogP contribution in [0.5, 0.6) is 0 Å². The summed E-state index contributed by atoms with van der Waals surface area (Å²) in [5.74, 6) is 0.221. The number of ether oxygens (including phenoxy) is 1. The Balaban J connectivity index is 2.82. The first-order valence-corrected chi connectivity index (χ1v) is 4.81.